The summed E-state index contributed by atoms with van der Waals surface area (Å²) in [5.41, 5.74) is -2.05. The van der Waals surface area contributed by atoms with E-state index < -0.39 is 29.9 Å². The number of quaternary nitrogens is 1. The minimum Gasteiger partial charge on any atom is -0.481 e. The number of carbonyl (C=O) groups is 2. The van der Waals surface area contributed by atoms with Crippen molar-refractivity contribution in [2.24, 2.45) is 5.92 Å². The number of likely N-dealkylation sites (N-methyl/N-ethyl adjacent to an activating group) is 1. The Morgan fingerprint density at radius 3 is 1.94 bits per heavy atom. The highest BCUT2D eigenvalue weighted by Crippen LogP contribution is 2.20. The smallest absolute Gasteiger partial charge is 0.306 e. The predicted molar refractivity (Wildman–Crippen MR) is 66.0 cm³/mol. The van der Waals surface area contributed by atoms with Crippen molar-refractivity contribution in [3.8, 4) is 0 Å². The first kappa shape index (κ1) is 17.0. The zero-order valence-electron chi connectivity index (χ0n) is 11.7. The van der Waals surface area contributed by atoms with Crippen molar-refractivity contribution < 1.29 is 29.4 Å². The molecule has 0 amide bonds. The molecule has 0 aliphatic rings. The van der Waals surface area contributed by atoms with E-state index in [-0.39, 0.29) is 16.9 Å². The van der Waals surface area contributed by atoms with E-state index in [1.54, 1.807) is 35.0 Å². The van der Waals surface area contributed by atoms with Crippen molar-refractivity contribution in [1.82, 2.24) is 0 Å². The third kappa shape index (κ3) is 5.12. The second-order valence-corrected chi connectivity index (χ2v) is 6.10. The molecule has 0 bridgehead atoms. The minimum absolute atomic E-state index is 0.0675. The molecular formula is C12H24NO5+. The molecule has 106 valence electrons. The summed E-state index contributed by atoms with van der Waals surface area (Å²) in [6, 6.07) is 0. The maximum atomic E-state index is 12.0. The summed E-state index contributed by atoms with van der Waals surface area (Å²) in [5.74, 6) is -2.46. The Kier molecular flexibility index (Phi) is 5.46. The number of hydrogen-bond donors (Lipinski definition) is 3. The van der Waals surface area contributed by atoms with Gasteiger partial charge in [-0.25, -0.2) is 0 Å². The molecule has 0 aromatic heterocycles. The summed E-state index contributed by atoms with van der Waals surface area (Å²) >= 11 is 0. The van der Waals surface area contributed by atoms with Gasteiger partial charge in [-0.05, 0) is 5.92 Å². The van der Waals surface area contributed by atoms with Crippen LogP contribution in [-0.2, 0) is 9.59 Å². The molecule has 2 unspecified atom stereocenters. The van der Waals surface area contributed by atoms with Crippen LogP contribution < -0.4 is 0 Å². The fraction of sp³-hybridized carbons (Fsp3) is 0.833. The van der Waals surface area contributed by atoms with E-state index in [9.17, 15) is 19.8 Å². The van der Waals surface area contributed by atoms with Gasteiger partial charge in [-0.15, -0.1) is 0 Å². The number of aliphatic hydroxyl groups is 2. The maximum Gasteiger partial charge on any atom is 0.306 e. The largest absolute Gasteiger partial charge is 0.481 e. The molecule has 0 fully saturated rings. The molecule has 0 saturated heterocycles. The molecule has 0 spiro atoms. The van der Waals surface area contributed by atoms with Crippen LogP contribution in [0.25, 0.3) is 0 Å². The van der Waals surface area contributed by atoms with Crippen molar-refractivity contribution in [2.75, 3.05) is 27.7 Å². The minimum atomic E-state index is -2.05. The number of aliphatic hydroxyl groups excluding tert-OH is 1. The second-order valence-electron chi connectivity index (χ2n) is 6.10. The number of rotatable bonds is 7. The summed E-state index contributed by atoms with van der Waals surface area (Å²) < 4.78 is 0.223. The van der Waals surface area contributed by atoms with Gasteiger partial charge in [0.05, 0.1) is 27.6 Å². The Hall–Kier alpha value is -0.980. The Bertz CT molecular complexity index is 321. The number of aliphatic carboxylic acids is 1. The topological polar surface area (TPSA) is 94.8 Å². The number of carboxylic acids is 1. The molecule has 0 heterocycles. The molecule has 0 aliphatic carbocycles. The molecule has 6 heteroatoms. The summed E-state index contributed by atoms with van der Waals surface area (Å²) in [6.45, 7) is 3.20. The van der Waals surface area contributed by atoms with Gasteiger partial charge in [0.2, 0.25) is 0 Å². The Labute approximate surface area is 107 Å². The quantitative estimate of drug-likeness (QED) is 0.537. The highest BCUT2D eigenvalue weighted by Gasteiger charge is 2.46. The van der Waals surface area contributed by atoms with Gasteiger partial charge in [-0.1, -0.05) is 13.8 Å². The molecule has 0 aromatic rings. The van der Waals surface area contributed by atoms with Crippen LogP contribution in [0.1, 0.15) is 20.3 Å². The summed E-state index contributed by atoms with van der Waals surface area (Å²) in [5, 5.41) is 28.8. The van der Waals surface area contributed by atoms with Crippen molar-refractivity contribution in [3.05, 3.63) is 0 Å². The Morgan fingerprint density at radius 1 is 1.22 bits per heavy atom. The highest BCUT2D eigenvalue weighted by atomic mass is 16.4. The standard InChI is InChI=1S/C12H23NO5/c1-8(2)10(16)11(17)12(18,6-9(14)15)7-13(3,4)5/h8,10,16,18H,6-7H2,1-5H3/p+1. The van der Waals surface area contributed by atoms with Gasteiger partial charge in [0, 0.05) is 0 Å². The predicted octanol–water partition coefficient (Wildman–Crippen LogP) is -0.516. The molecule has 6 nitrogen and oxygen atoms in total. The van der Waals surface area contributed by atoms with Gasteiger partial charge >= 0.3 is 5.97 Å². The van der Waals surface area contributed by atoms with Gasteiger partial charge < -0.3 is 19.8 Å². The fourth-order valence-corrected chi connectivity index (χ4v) is 1.83. The van der Waals surface area contributed by atoms with E-state index in [1.165, 1.54) is 0 Å². The second kappa shape index (κ2) is 5.77. The summed E-state index contributed by atoms with van der Waals surface area (Å²) in [6.07, 6.45) is -2.06. The number of nitrogens with zero attached hydrogens (tertiary/aromatic N) is 1. The monoisotopic (exact) mass is 262 g/mol. The Balaban J connectivity index is 5.21. The number of Topliss-reactive ketones (excluding diaryl/α,β-unsaturated/α-hetero) is 1. The van der Waals surface area contributed by atoms with Crippen LogP contribution in [0.3, 0.4) is 0 Å². The van der Waals surface area contributed by atoms with E-state index in [1.807, 2.05) is 0 Å². The van der Waals surface area contributed by atoms with Crippen molar-refractivity contribution in [2.45, 2.75) is 32.0 Å². The molecular weight excluding hydrogens is 238 g/mol. The lowest BCUT2D eigenvalue weighted by atomic mass is 9.86. The van der Waals surface area contributed by atoms with E-state index >= 15 is 0 Å². The van der Waals surface area contributed by atoms with Crippen LogP contribution in [0.5, 0.6) is 0 Å². The fourth-order valence-electron chi connectivity index (χ4n) is 1.83. The third-order valence-corrected chi connectivity index (χ3v) is 2.54. The maximum absolute atomic E-state index is 12.0. The van der Waals surface area contributed by atoms with Crippen LogP contribution in [0.15, 0.2) is 0 Å². The van der Waals surface area contributed by atoms with E-state index in [0.717, 1.165) is 0 Å². The molecule has 0 aliphatic heterocycles. The van der Waals surface area contributed by atoms with Gasteiger partial charge in [-0.2, -0.15) is 0 Å². The number of carboxylic acid groups (broad SMARTS) is 1. The first-order valence-corrected chi connectivity index (χ1v) is 5.86. The van der Waals surface area contributed by atoms with Crippen molar-refractivity contribution >= 4 is 11.8 Å². The SMILES string of the molecule is CC(C)C(O)C(=O)C(O)(CC(=O)O)C[N+](C)(C)C. The summed E-state index contributed by atoms with van der Waals surface area (Å²) in [7, 11) is 5.21. The van der Waals surface area contributed by atoms with Gasteiger partial charge in [0.25, 0.3) is 0 Å². The zero-order chi connectivity index (χ0) is 14.7. The van der Waals surface area contributed by atoms with Crippen molar-refractivity contribution in [3.63, 3.8) is 0 Å². The van der Waals surface area contributed by atoms with Crippen molar-refractivity contribution in [1.29, 1.82) is 0 Å². The first-order valence-electron chi connectivity index (χ1n) is 5.86. The van der Waals surface area contributed by atoms with Crippen LogP contribution in [0.4, 0.5) is 0 Å². The first-order chi connectivity index (χ1) is 7.89. The normalized spacial score (nSPS) is 17.3. The van der Waals surface area contributed by atoms with E-state index in [4.69, 9.17) is 5.11 Å². The zero-order valence-corrected chi connectivity index (χ0v) is 11.7. The van der Waals surface area contributed by atoms with Crippen LogP contribution in [0.2, 0.25) is 0 Å². The van der Waals surface area contributed by atoms with Gasteiger partial charge in [-0.3, -0.25) is 9.59 Å². The number of ketones is 1. The lowest BCUT2D eigenvalue weighted by molar-refractivity contribution is -0.875. The molecule has 3 N–H and O–H groups in total. The lowest BCUT2D eigenvalue weighted by Crippen LogP contribution is -2.58. The molecule has 0 radical (unpaired) electrons. The lowest BCUT2D eigenvalue weighted by Gasteiger charge is -2.35. The molecule has 0 saturated carbocycles. The highest BCUT2D eigenvalue weighted by molar-refractivity contribution is 5.94. The average molecular weight is 262 g/mol. The molecule has 18 heavy (non-hydrogen) atoms. The number of hydrogen-bond acceptors (Lipinski definition) is 4. The van der Waals surface area contributed by atoms with E-state index in [0.29, 0.717) is 0 Å². The molecule has 0 rings (SSSR count). The van der Waals surface area contributed by atoms with E-state index in [2.05, 4.69) is 0 Å². The van der Waals surface area contributed by atoms with Gasteiger partial charge in [0.15, 0.2) is 11.4 Å². The van der Waals surface area contributed by atoms with Crippen LogP contribution in [-0.4, -0.2) is 70.9 Å². The Morgan fingerprint density at radius 2 is 1.67 bits per heavy atom. The third-order valence-electron chi connectivity index (χ3n) is 2.54. The van der Waals surface area contributed by atoms with Gasteiger partial charge in [0.1, 0.15) is 12.6 Å². The molecule has 2 atom stereocenters. The van der Waals surface area contributed by atoms with Crippen LogP contribution in [0, 0.1) is 5.92 Å². The average Bonchev–Trinajstić information content (AvgIpc) is 2.10. The van der Waals surface area contributed by atoms with Crippen LogP contribution >= 0.6 is 0 Å². The molecule has 0 aromatic carbocycles. The summed E-state index contributed by atoms with van der Waals surface area (Å²) in [4.78, 5) is 22.8. The number of carbonyl (C=O) groups excluding carboxylic acids is 1.